The normalized spacial score (nSPS) is 12.2. The lowest BCUT2D eigenvalue weighted by atomic mass is 10.2. The van der Waals surface area contributed by atoms with Gasteiger partial charge in [-0.15, -0.1) is 11.3 Å². The van der Waals surface area contributed by atoms with E-state index in [1.807, 2.05) is 41.2 Å². The molecule has 0 saturated carbocycles. The van der Waals surface area contributed by atoms with Crippen molar-refractivity contribution < 1.29 is 13.2 Å². The number of guanidine groups is 1. The number of para-hydroxylation sites is 1. The molecular formula is C18H19F3N6S. The maximum absolute atomic E-state index is 12.6. The molecule has 0 fully saturated rings. The zero-order valence-corrected chi connectivity index (χ0v) is 15.9. The molecule has 0 aliphatic heterocycles. The zero-order chi connectivity index (χ0) is 20.0. The van der Waals surface area contributed by atoms with Gasteiger partial charge < -0.3 is 10.6 Å². The average molecular weight is 408 g/mol. The quantitative estimate of drug-likeness (QED) is 0.485. The van der Waals surface area contributed by atoms with Crippen LogP contribution in [0.25, 0.3) is 5.69 Å². The molecular weight excluding hydrogens is 389 g/mol. The highest BCUT2D eigenvalue weighted by Gasteiger charge is 2.33. The largest absolute Gasteiger partial charge is 0.434 e. The van der Waals surface area contributed by atoms with Gasteiger partial charge in [0.05, 0.1) is 18.4 Å². The molecule has 0 saturated heterocycles. The molecule has 6 nitrogen and oxygen atoms in total. The SMILES string of the molecule is CN=C(NCCc1cnn(-c2ccccc2)c1)NCc1nc(C(F)(F)F)cs1. The lowest BCUT2D eigenvalue weighted by molar-refractivity contribution is -0.140. The second kappa shape index (κ2) is 8.87. The summed E-state index contributed by atoms with van der Waals surface area (Å²) in [5, 5.41) is 11.8. The number of rotatable bonds is 6. The van der Waals surface area contributed by atoms with Crippen molar-refractivity contribution in [3.63, 3.8) is 0 Å². The van der Waals surface area contributed by atoms with E-state index in [9.17, 15) is 13.2 Å². The van der Waals surface area contributed by atoms with Gasteiger partial charge in [0.15, 0.2) is 11.7 Å². The predicted octanol–water partition coefficient (Wildman–Crippen LogP) is 3.26. The van der Waals surface area contributed by atoms with E-state index in [1.54, 1.807) is 13.2 Å². The number of benzene rings is 1. The maximum atomic E-state index is 12.6. The molecule has 2 aromatic heterocycles. The van der Waals surface area contributed by atoms with E-state index in [0.717, 1.165) is 34.4 Å². The van der Waals surface area contributed by atoms with Crippen molar-refractivity contribution >= 4 is 17.3 Å². The molecule has 2 heterocycles. The van der Waals surface area contributed by atoms with Crippen LogP contribution in [0.4, 0.5) is 13.2 Å². The number of nitrogens with zero attached hydrogens (tertiary/aromatic N) is 4. The Balaban J connectivity index is 1.46. The van der Waals surface area contributed by atoms with Crippen LogP contribution in [0, 0.1) is 0 Å². The van der Waals surface area contributed by atoms with Crippen LogP contribution in [0.15, 0.2) is 53.1 Å². The Kier molecular flexibility index (Phi) is 6.30. The van der Waals surface area contributed by atoms with E-state index >= 15 is 0 Å². The van der Waals surface area contributed by atoms with Gasteiger partial charge >= 0.3 is 6.18 Å². The van der Waals surface area contributed by atoms with E-state index in [-0.39, 0.29) is 6.54 Å². The highest BCUT2D eigenvalue weighted by molar-refractivity contribution is 7.09. The lowest BCUT2D eigenvalue weighted by Crippen LogP contribution is -2.37. The van der Waals surface area contributed by atoms with Gasteiger partial charge in [0, 0.05) is 25.2 Å². The third kappa shape index (κ3) is 5.32. The van der Waals surface area contributed by atoms with Crippen molar-refractivity contribution in [2.75, 3.05) is 13.6 Å². The van der Waals surface area contributed by atoms with Crippen molar-refractivity contribution in [3.05, 3.63) is 64.4 Å². The zero-order valence-electron chi connectivity index (χ0n) is 15.1. The molecule has 0 aliphatic carbocycles. The first-order valence-corrected chi connectivity index (χ1v) is 9.39. The van der Waals surface area contributed by atoms with Gasteiger partial charge in [-0.05, 0) is 24.1 Å². The fraction of sp³-hybridized carbons (Fsp3) is 0.278. The molecule has 28 heavy (non-hydrogen) atoms. The van der Waals surface area contributed by atoms with Crippen molar-refractivity contribution in [3.8, 4) is 5.69 Å². The van der Waals surface area contributed by atoms with E-state index in [2.05, 4.69) is 25.7 Å². The van der Waals surface area contributed by atoms with Crippen LogP contribution in [0.3, 0.4) is 0 Å². The summed E-state index contributed by atoms with van der Waals surface area (Å²) in [6.45, 7) is 0.776. The Morgan fingerprint density at radius 3 is 2.68 bits per heavy atom. The first-order valence-electron chi connectivity index (χ1n) is 8.51. The molecule has 0 radical (unpaired) electrons. The summed E-state index contributed by atoms with van der Waals surface area (Å²) in [4.78, 5) is 7.66. The smallest absolute Gasteiger partial charge is 0.356 e. The summed E-state index contributed by atoms with van der Waals surface area (Å²) in [5.74, 6) is 0.499. The Hall–Kier alpha value is -2.88. The molecule has 3 aromatic rings. The molecule has 0 bridgehead atoms. The predicted molar refractivity (Wildman–Crippen MR) is 103 cm³/mol. The Labute approximate surface area is 164 Å². The van der Waals surface area contributed by atoms with Gasteiger partial charge in [0.25, 0.3) is 0 Å². The number of hydrogen-bond donors (Lipinski definition) is 2. The molecule has 0 unspecified atom stereocenters. The number of halogens is 3. The highest BCUT2D eigenvalue weighted by Crippen LogP contribution is 2.29. The van der Waals surface area contributed by atoms with Crippen LogP contribution in [-0.4, -0.2) is 34.3 Å². The van der Waals surface area contributed by atoms with Crippen molar-refractivity contribution in [1.82, 2.24) is 25.4 Å². The molecule has 0 amide bonds. The van der Waals surface area contributed by atoms with E-state index < -0.39 is 11.9 Å². The minimum Gasteiger partial charge on any atom is -0.356 e. The second-order valence-electron chi connectivity index (χ2n) is 5.86. The van der Waals surface area contributed by atoms with Gasteiger partial charge in [0.2, 0.25) is 0 Å². The fourth-order valence-corrected chi connectivity index (χ4v) is 3.18. The molecule has 0 aliphatic rings. The van der Waals surface area contributed by atoms with Gasteiger partial charge in [-0.1, -0.05) is 18.2 Å². The molecule has 0 spiro atoms. The third-order valence-corrected chi connectivity index (χ3v) is 4.68. The average Bonchev–Trinajstić information content (AvgIpc) is 3.34. The Bertz CT molecular complexity index is 917. The number of alkyl halides is 3. The molecule has 148 valence electrons. The fourth-order valence-electron chi connectivity index (χ4n) is 2.44. The minimum absolute atomic E-state index is 0.173. The second-order valence-corrected chi connectivity index (χ2v) is 6.80. The summed E-state index contributed by atoms with van der Waals surface area (Å²) in [5.41, 5.74) is 1.18. The first kappa shape index (κ1) is 19.9. The molecule has 3 rings (SSSR count). The van der Waals surface area contributed by atoms with Crippen molar-refractivity contribution in [2.45, 2.75) is 19.1 Å². The van der Waals surface area contributed by atoms with E-state index in [0.29, 0.717) is 17.5 Å². The topological polar surface area (TPSA) is 67.1 Å². The number of nitrogens with one attached hydrogen (secondary N) is 2. The standard InChI is InChI=1S/C18H19F3N6S/c1-22-17(24-10-16-26-15(12-28-16)18(19,20)21)23-8-7-13-9-25-27(11-13)14-5-3-2-4-6-14/h2-6,9,11-12H,7-8,10H2,1H3,(H2,22,23,24). The highest BCUT2D eigenvalue weighted by atomic mass is 32.1. The van der Waals surface area contributed by atoms with Crippen LogP contribution in [-0.2, 0) is 19.1 Å². The van der Waals surface area contributed by atoms with Gasteiger partial charge in [-0.2, -0.15) is 18.3 Å². The van der Waals surface area contributed by atoms with E-state index in [1.165, 1.54) is 0 Å². The molecule has 10 heteroatoms. The number of aliphatic imine (C=N–C) groups is 1. The molecule has 2 N–H and O–H groups in total. The minimum atomic E-state index is -4.42. The Morgan fingerprint density at radius 2 is 2.00 bits per heavy atom. The Morgan fingerprint density at radius 1 is 1.21 bits per heavy atom. The molecule has 0 atom stereocenters. The van der Waals surface area contributed by atoms with Crippen LogP contribution in [0.1, 0.15) is 16.3 Å². The van der Waals surface area contributed by atoms with Crippen LogP contribution in [0.2, 0.25) is 0 Å². The molecule has 1 aromatic carbocycles. The van der Waals surface area contributed by atoms with Crippen molar-refractivity contribution in [1.29, 1.82) is 0 Å². The number of aromatic nitrogens is 3. The van der Waals surface area contributed by atoms with E-state index in [4.69, 9.17) is 0 Å². The number of thiazole rings is 1. The van der Waals surface area contributed by atoms with Gasteiger partial charge in [-0.25, -0.2) is 9.67 Å². The summed E-state index contributed by atoms with van der Waals surface area (Å²) in [6.07, 6.45) is 0.0718. The van der Waals surface area contributed by atoms with Gasteiger partial charge in [0.1, 0.15) is 5.01 Å². The lowest BCUT2D eigenvalue weighted by Gasteiger charge is -2.10. The summed E-state index contributed by atoms with van der Waals surface area (Å²) < 4.78 is 39.6. The summed E-state index contributed by atoms with van der Waals surface area (Å²) >= 11 is 0.963. The third-order valence-electron chi connectivity index (χ3n) is 3.84. The maximum Gasteiger partial charge on any atom is 0.434 e. The number of hydrogen-bond acceptors (Lipinski definition) is 4. The summed E-state index contributed by atoms with van der Waals surface area (Å²) in [6, 6.07) is 9.81. The monoisotopic (exact) mass is 408 g/mol. The van der Waals surface area contributed by atoms with Crippen LogP contribution < -0.4 is 10.6 Å². The van der Waals surface area contributed by atoms with Crippen LogP contribution in [0.5, 0.6) is 0 Å². The first-order chi connectivity index (χ1) is 13.5. The van der Waals surface area contributed by atoms with Crippen LogP contribution >= 0.6 is 11.3 Å². The van der Waals surface area contributed by atoms with Gasteiger partial charge in [-0.3, -0.25) is 4.99 Å². The van der Waals surface area contributed by atoms with Crippen molar-refractivity contribution in [2.24, 2.45) is 4.99 Å². The summed E-state index contributed by atoms with van der Waals surface area (Å²) in [7, 11) is 1.60.